The minimum atomic E-state index is -2.99. The lowest BCUT2D eigenvalue weighted by Gasteiger charge is -2.11. The van der Waals surface area contributed by atoms with E-state index in [1.807, 2.05) is 6.92 Å². The number of aryl methyl sites for hydroxylation is 1. The highest BCUT2D eigenvalue weighted by atomic mass is 79.9. The molecule has 0 aliphatic carbocycles. The molecule has 0 atom stereocenters. The van der Waals surface area contributed by atoms with Crippen LogP contribution in [0.3, 0.4) is 0 Å². The van der Waals surface area contributed by atoms with Crippen molar-refractivity contribution in [3.05, 3.63) is 46.2 Å². The van der Waals surface area contributed by atoms with Crippen LogP contribution in [-0.2, 0) is 13.1 Å². The van der Waals surface area contributed by atoms with Crippen molar-refractivity contribution < 1.29 is 18.3 Å². The number of alkyl halides is 2. The van der Waals surface area contributed by atoms with Gasteiger partial charge >= 0.3 is 6.61 Å². The first-order chi connectivity index (χ1) is 10.5. The van der Waals surface area contributed by atoms with Gasteiger partial charge in [-0.25, -0.2) is 0 Å². The number of carbonyl (C=O) groups excluding carboxylic acids is 1. The van der Waals surface area contributed by atoms with Gasteiger partial charge in [-0.2, -0.15) is 13.9 Å². The second-order valence-corrected chi connectivity index (χ2v) is 5.28. The van der Waals surface area contributed by atoms with Crippen molar-refractivity contribution in [1.29, 1.82) is 0 Å². The first kappa shape index (κ1) is 16.4. The molecule has 0 bridgehead atoms. The van der Waals surface area contributed by atoms with Crippen LogP contribution in [0.15, 0.2) is 34.9 Å². The van der Waals surface area contributed by atoms with Gasteiger partial charge in [-0.05, 0) is 31.2 Å². The molecule has 1 N–H and O–H groups in total. The highest BCUT2D eigenvalue weighted by Gasteiger charge is 2.16. The normalized spacial score (nSPS) is 10.8. The maximum Gasteiger partial charge on any atom is 0.387 e. The summed E-state index contributed by atoms with van der Waals surface area (Å²) in [5.74, 6) is -0.683. The second-order valence-electron chi connectivity index (χ2n) is 4.36. The molecule has 8 heteroatoms. The molecule has 1 aromatic heterocycles. The summed E-state index contributed by atoms with van der Waals surface area (Å²) in [6.07, 6.45) is 1.80. The number of nitrogens with zero attached hydrogens (tertiary/aromatic N) is 2. The molecule has 0 aliphatic heterocycles. The van der Waals surface area contributed by atoms with Crippen LogP contribution in [0.2, 0.25) is 0 Å². The Morgan fingerprint density at radius 1 is 1.45 bits per heavy atom. The molecule has 0 spiro atoms. The zero-order valence-electron chi connectivity index (χ0n) is 11.7. The summed E-state index contributed by atoms with van der Waals surface area (Å²) < 4.78 is 31.4. The Morgan fingerprint density at radius 2 is 2.23 bits per heavy atom. The smallest absolute Gasteiger partial charge is 0.387 e. The lowest BCUT2D eigenvalue weighted by molar-refractivity contribution is -0.0501. The molecule has 0 aliphatic rings. The number of amides is 1. The van der Waals surface area contributed by atoms with E-state index in [0.29, 0.717) is 10.2 Å². The summed E-state index contributed by atoms with van der Waals surface area (Å²) in [6.45, 7) is -0.114. The summed E-state index contributed by atoms with van der Waals surface area (Å²) in [4.78, 5) is 12.2. The Labute approximate surface area is 134 Å². The molecule has 0 unspecified atom stereocenters. The lowest BCUT2D eigenvalue weighted by atomic mass is 10.2. The van der Waals surface area contributed by atoms with Crippen molar-refractivity contribution in [3.63, 3.8) is 0 Å². The summed E-state index contributed by atoms with van der Waals surface area (Å²) in [6, 6.07) is 6.05. The van der Waals surface area contributed by atoms with E-state index in [9.17, 15) is 13.6 Å². The summed E-state index contributed by atoms with van der Waals surface area (Å²) in [7, 11) is 0. The number of hydrogen-bond acceptors (Lipinski definition) is 3. The SMILES string of the molecule is CCn1ccc(CNC(=O)c2cc(Br)ccc2OC(F)F)n1. The number of nitrogens with one attached hydrogen (secondary N) is 1. The first-order valence-electron chi connectivity index (χ1n) is 6.54. The van der Waals surface area contributed by atoms with Gasteiger partial charge in [-0.3, -0.25) is 9.48 Å². The Morgan fingerprint density at radius 3 is 2.86 bits per heavy atom. The Hall–Kier alpha value is -1.96. The Balaban J connectivity index is 2.09. The molecule has 2 aromatic rings. The monoisotopic (exact) mass is 373 g/mol. The van der Waals surface area contributed by atoms with E-state index in [0.717, 1.165) is 6.54 Å². The van der Waals surface area contributed by atoms with E-state index in [-0.39, 0.29) is 17.9 Å². The summed E-state index contributed by atoms with van der Waals surface area (Å²) in [5.41, 5.74) is 0.714. The Bertz CT molecular complexity index is 661. The van der Waals surface area contributed by atoms with Crippen molar-refractivity contribution in [1.82, 2.24) is 15.1 Å². The quantitative estimate of drug-likeness (QED) is 0.845. The van der Waals surface area contributed by atoms with Crippen LogP contribution >= 0.6 is 15.9 Å². The fourth-order valence-corrected chi connectivity index (χ4v) is 2.18. The molecule has 0 radical (unpaired) electrons. The van der Waals surface area contributed by atoms with Crippen LogP contribution in [0.5, 0.6) is 5.75 Å². The predicted molar refractivity (Wildman–Crippen MR) is 79.8 cm³/mol. The fourth-order valence-electron chi connectivity index (χ4n) is 1.82. The number of ether oxygens (including phenoxy) is 1. The largest absolute Gasteiger partial charge is 0.434 e. The van der Waals surface area contributed by atoms with Gasteiger partial charge in [0.15, 0.2) is 0 Å². The average Bonchev–Trinajstić information content (AvgIpc) is 2.94. The molecule has 2 rings (SSSR count). The third kappa shape index (κ3) is 4.27. The van der Waals surface area contributed by atoms with Gasteiger partial charge in [0.1, 0.15) is 5.75 Å². The van der Waals surface area contributed by atoms with Gasteiger partial charge in [0.05, 0.1) is 17.8 Å². The molecular weight excluding hydrogens is 360 g/mol. The molecule has 5 nitrogen and oxygen atoms in total. The standard InChI is InChI=1S/C14H14BrF2N3O2/c1-2-20-6-5-10(19-20)8-18-13(21)11-7-9(15)3-4-12(11)22-14(16)17/h3-7,14H,2,8H2,1H3,(H,18,21). The number of aromatic nitrogens is 2. The lowest BCUT2D eigenvalue weighted by Crippen LogP contribution is -2.24. The van der Waals surface area contributed by atoms with E-state index in [1.54, 1.807) is 16.9 Å². The average molecular weight is 374 g/mol. The third-order valence-corrected chi connectivity index (χ3v) is 3.35. The molecular formula is C14H14BrF2N3O2. The maximum atomic E-state index is 12.4. The minimum absolute atomic E-state index is 0.0320. The molecule has 118 valence electrons. The zero-order valence-corrected chi connectivity index (χ0v) is 13.3. The minimum Gasteiger partial charge on any atom is -0.434 e. The van der Waals surface area contributed by atoms with Gasteiger partial charge in [-0.1, -0.05) is 15.9 Å². The van der Waals surface area contributed by atoms with Gasteiger partial charge < -0.3 is 10.1 Å². The number of carbonyl (C=O) groups is 1. The second kappa shape index (κ2) is 7.35. The predicted octanol–water partition coefficient (Wildman–Crippen LogP) is 3.20. The maximum absolute atomic E-state index is 12.4. The van der Waals surface area contributed by atoms with Crippen LogP contribution in [0.25, 0.3) is 0 Å². The summed E-state index contributed by atoms with van der Waals surface area (Å²) in [5, 5.41) is 6.86. The van der Waals surface area contributed by atoms with Crippen molar-refractivity contribution in [3.8, 4) is 5.75 Å². The van der Waals surface area contributed by atoms with Crippen LogP contribution in [-0.4, -0.2) is 22.3 Å². The highest BCUT2D eigenvalue weighted by Crippen LogP contribution is 2.24. The third-order valence-electron chi connectivity index (χ3n) is 2.85. The molecule has 0 fully saturated rings. The first-order valence-corrected chi connectivity index (χ1v) is 7.33. The van der Waals surface area contributed by atoms with E-state index >= 15 is 0 Å². The summed E-state index contributed by atoms with van der Waals surface area (Å²) >= 11 is 3.20. The van der Waals surface area contributed by atoms with Crippen molar-refractivity contribution >= 4 is 21.8 Å². The number of benzene rings is 1. The van der Waals surface area contributed by atoms with E-state index < -0.39 is 12.5 Å². The number of halogens is 3. The molecule has 1 amide bonds. The topological polar surface area (TPSA) is 56.2 Å². The van der Waals surface area contributed by atoms with Gasteiger partial charge in [0, 0.05) is 17.2 Å². The molecule has 0 saturated carbocycles. The van der Waals surface area contributed by atoms with Crippen LogP contribution in [0.4, 0.5) is 8.78 Å². The molecule has 0 saturated heterocycles. The number of hydrogen-bond donors (Lipinski definition) is 1. The van der Waals surface area contributed by atoms with Crippen molar-refractivity contribution in [2.24, 2.45) is 0 Å². The van der Waals surface area contributed by atoms with Crippen molar-refractivity contribution in [2.75, 3.05) is 0 Å². The molecule has 22 heavy (non-hydrogen) atoms. The van der Waals surface area contributed by atoms with E-state index in [1.165, 1.54) is 18.2 Å². The van der Waals surface area contributed by atoms with Gasteiger partial charge in [0.25, 0.3) is 5.91 Å². The van der Waals surface area contributed by atoms with Crippen LogP contribution < -0.4 is 10.1 Å². The zero-order chi connectivity index (χ0) is 16.1. The van der Waals surface area contributed by atoms with Crippen LogP contribution in [0.1, 0.15) is 23.0 Å². The highest BCUT2D eigenvalue weighted by molar-refractivity contribution is 9.10. The van der Waals surface area contributed by atoms with Gasteiger partial charge in [0.2, 0.25) is 0 Å². The van der Waals surface area contributed by atoms with Crippen molar-refractivity contribution in [2.45, 2.75) is 26.6 Å². The molecule has 1 heterocycles. The number of rotatable bonds is 6. The van der Waals surface area contributed by atoms with E-state index in [4.69, 9.17) is 0 Å². The Kier molecular flexibility index (Phi) is 5.48. The molecule has 1 aromatic carbocycles. The van der Waals surface area contributed by atoms with Crippen LogP contribution in [0, 0.1) is 0 Å². The van der Waals surface area contributed by atoms with Gasteiger partial charge in [-0.15, -0.1) is 0 Å². The van der Waals surface area contributed by atoms with E-state index in [2.05, 4.69) is 31.1 Å². The fraction of sp³-hybridized carbons (Fsp3) is 0.286.